The Kier molecular flexibility index (Phi) is 6.56. The number of hydrazine groups is 1. The summed E-state index contributed by atoms with van der Waals surface area (Å²) < 4.78 is 5.29. The number of carbonyl (C=O) groups is 1. The Balaban J connectivity index is 2.68. The number of benzene rings is 1. The first-order valence-corrected chi connectivity index (χ1v) is 6.31. The SMILES string of the molecule is CN(N)C(N)C(C(=O)OCc1ccccc1)N(C)CN. The third-order valence-electron chi connectivity index (χ3n) is 3.02. The second-order valence-corrected chi connectivity index (χ2v) is 4.63. The van der Waals surface area contributed by atoms with Crippen molar-refractivity contribution in [1.82, 2.24) is 9.91 Å². The first-order chi connectivity index (χ1) is 9.47. The summed E-state index contributed by atoms with van der Waals surface area (Å²) in [6, 6.07) is 8.69. The topological polar surface area (TPSA) is 111 Å². The zero-order valence-corrected chi connectivity index (χ0v) is 11.9. The van der Waals surface area contributed by atoms with Crippen LogP contribution in [0.25, 0.3) is 0 Å². The van der Waals surface area contributed by atoms with Gasteiger partial charge in [0.1, 0.15) is 12.6 Å². The summed E-state index contributed by atoms with van der Waals surface area (Å²) in [7, 11) is 3.28. The highest BCUT2D eigenvalue weighted by molar-refractivity contribution is 5.76. The maximum Gasteiger partial charge on any atom is 0.326 e. The molecule has 2 unspecified atom stereocenters. The lowest BCUT2D eigenvalue weighted by Gasteiger charge is -2.32. The first kappa shape index (κ1) is 16.5. The van der Waals surface area contributed by atoms with E-state index in [-0.39, 0.29) is 13.3 Å². The monoisotopic (exact) mass is 281 g/mol. The van der Waals surface area contributed by atoms with Crippen LogP contribution in [-0.4, -0.2) is 48.8 Å². The quantitative estimate of drug-likeness (QED) is 0.255. The second kappa shape index (κ2) is 7.93. The van der Waals surface area contributed by atoms with Crippen LogP contribution in [0.5, 0.6) is 0 Å². The summed E-state index contributed by atoms with van der Waals surface area (Å²) in [5, 5.41) is 1.26. The molecule has 0 saturated carbocycles. The molecule has 0 aliphatic carbocycles. The highest BCUT2D eigenvalue weighted by Gasteiger charge is 2.32. The minimum Gasteiger partial charge on any atom is -0.460 e. The van der Waals surface area contributed by atoms with E-state index in [2.05, 4.69) is 0 Å². The highest BCUT2D eigenvalue weighted by Crippen LogP contribution is 2.07. The number of ether oxygens (including phenoxy) is 1. The van der Waals surface area contributed by atoms with Crippen LogP contribution in [0.4, 0.5) is 0 Å². The van der Waals surface area contributed by atoms with Crippen molar-refractivity contribution in [2.45, 2.75) is 18.8 Å². The molecule has 0 aromatic heterocycles. The summed E-state index contributed by atoms with van der Waals surface area (Å²) in [6.07, 6.45) is -0.702. The van der Waals surface area contributed by atoms with Gasteiger partial charge in [-0.15, -0.1) is 0 Å². The number of hydrogen-bond donors (Lipinski definition) is 3. The lowest BCUT2D eigenvalue weighted by Crippen LogP contribution is -2.61. The molecule has 0 bridgehead atoms. The van der Waals surface area contributed by atoms with Crippen LogP contribution in [0, 0.1) is 0 Å². The number of rotatable bonds is 7. The lowest BCUT2D eigenvalue weighted by molar-refractivity contribution is -0.153. The molecule has 0 spiro atoms. The molecule has 0 saturated heterocycles. The van der Waals surface area contributed by atoms with Gasteiger partial charge in [-0.25, -0.2) is 5.01 Å². The summed E-state index contributed by atoms with van der Waals surface area (Å²) >= 11 is 0. The molecule has 1 rings (SSSR count). The highest BCUT2D eigenvalue weighted by atomic mass is 16.5. The molecule has 1 aromatic carbocycles. The van der Waals surface area contributed by atoms with E-state index in [0.29, 0.717) is 0 Å². The Hall–Kier alpha value is -1.51. The van der Waals surface area contributed by atoms with Gasteiger partial charge in [0.15, 0.2) is 0 Å². The van der Waals surface area contributed by atoms with E-state index in [9.17, 15) is 4.79 Å². The third-order valence-corrected chi connectivity index (χ3v) is 3.02. The van der Waals surface area contributed by atoms with Gasteiger partial charge >= 0.3 is 5.97 Å². The summed E-state index contributed by atoms with van der Waals surface area (Å²) in [4.78, 5) is 13.8. The molecule has 0 amide bonds. The Bertz CT molecular complexity index is 412. The molecule has 2 atom stereocenters. The largest absolute Gasteiger partial charge is 0.460 e. The average Bonchev–Trinajstić information content (AvgIpc) is 2.45. The van der Waals surface area contributed by atoms with Crippen molar-refractivity contribution in [2.24, 2.45) is 17.3 Å². The van der Waals surface area contributed by atoms with Gasteiger partial charge in [0, 0.05) is 13.7 Å². The van der Waals surface area contributed by atoms with Crippen molar-refractivity contribution in [3.8, 4) is 0 Å². The average molecular weight is 281 g/mol. The molecule has 7 nitrogen and oxygen atoms in total. The normalized spacial score (nSPS) is 14.3. The number of nitrogens with zero attached hydrogens (tertiary/aromatic N) is 2. The first-order valence-electron chi connectivity index (χ1n) is 6.31. The smallest absolute Gasteiger partial charge is 0.326 e. The minimum atomic E-state index is -0.723. The van der Waals surface area contributed by atoms with E-state index in [1.165, 1.54) is 5.01 Å². The Morgan fingerprint density at radius 3 is 2.40 bits per heavy atom. The van der Waals surface area contributed by atoms with Gasteiger partial charge in [0.25, 0.3) is 0 Å². The van der Waals surface area contributed by atoms with E-state index in [1.807, 2.05) is 30.3 Å². The lowest BCUT2D eigenvalue weighted by atomic mass is 10.2. The molecular formula is C13H23N5O2. The zero-order valence-electron chi connectivity index (χ0n) is 11.9. The third kappa shape index (κ3) is 4.55. The summed E-state index contributed by atoms with van der Waals surface area (Å²) in [5.74, 6) is 5.16. The molecule has 0 radical (unpaired) electrons. The fourth-order valence-electron chi connectivity index (χ4n) is 1.73. The van der Waals surface area contributed by atoms with Crippen LogP contribution in [0.3, 0.4) is 0 Å². The standard InChI is InChI=1S/C13H23N5O2/c1-17(9-14)11(12(15)18(2)16)13(19)20-8-10-6-4-3-5-7-10/h3-7,11-12H,8-9,14-16H2,1-2H3. The Labute approximate surface area is 119 Å². The van der Waals surface area contributed by atoms with Crippen LogP contribution >= 0.6 is 0 Å². The van der Waals surface area contributed by atoms with Gasteiger partial charge in [-0.05, 0) is 12.6 Å². The molecule has 0 fully saturated rings. The molecule has 0 aliphatic rings. The van der Waals surface area contributed by atoms with Gasteiger partial charge in [0.05, 0.1) is 6.17 Å². The van der Waals surface area contributed by atoms with Gasteiger partial charge in [-0.1, -0.05) is 30.3 Å². The van der Waals surface area contributed by atoms with Crippen molar-refractivity contribution in [3.63, 3.8) is 0 Å². The second-order valence-electron chi connectivity index (χ2n) is 4.63. The molecule has 6 N–H and O–H groups in total. The molecule has 112 valence electrons. The minimum absolute atomic E-state index is 0.173. The van der Waals surface area contributed by atoms with Crippen LogP contribution in [-0.2, 0) is 16.1 Å². The van der Waals surface area contributed by atoms with E-state index in [4.69, 9.17) is 22.0 Å². The predicted octanol–water partition coefficient (Wildman–Crippen LogP) is -0.963. The van der Waals surface area contributed by atoms with Crippen molar-refractivity contribution in [1.29, 1.82) is 0 Å². The summed E-state index contributed by atoms with van der Waals surface area (Å²) in [5.41, 5.74) is 12.4. The van der Waals surface area contributed by atoms with E-state index in [1.54, 1.807) is 19.0 Å². The Morgan fingerprint density at radius 1 is 1.30 bits per heavy atom. The van der Waals surface area contributed by atoms with Gasteiger partial charge in [-0.3, -0.25) is 15.5 Å². The van der Waals surface area contributed by atoms with E-state index >= 15 is 0 Å². The molecule has 1 aromatic rings. The fraction of sp³-hybridized carbons (Fsp3) is 0.462. The fourth-order valence-corrected chi connectivity index (χ4v) is 1.73. The van der Waals surface area contributed by atoms with Crippen molar-refractivity contribution in [3.05, 3.63) is 35.9 Å². The molecule has 7 heteroatoms. The Morgan fingerprint density at radius 2 is 1.90 bits per heavy atom. The molecule has 0 aliphatic heterocycles. The van der Waals surface area contributed by atoms with Crippen molar-refractivity contribution >= 4 is 5.97 Å². The van der Waals surface area contributed by atoms with E-state index in [0.717, 1.165) is 5.56 Å². The van der Waals surface area contributed by atoms with Crippen LogP contribution in [0.2, 0.25) is 0 Å². The van der Waals surface area contributed by atoms with Crippen LogP contribution in [0.15, 0.2) is 30.3 Å². The molecule has 20 heavy (non-hydrogen) atoms. The summed E-state index contributed by atoms with van der Waals surface area (Å²) in [6.45, 7) is 0.363. The van der Waals surface area contributed by atoms with Crippen molar-refractivity contribution < 1.29 is 9.53 Å². The van der Waals surface area contributed by atoms with Gasteiger partial charge in [0.2, 0.25) is 0 Å². The van der Waals surface area contributed by atoms with Crippen LogP contribution < -0.4 is 17.3 Å². The van der Waals surface area contributed by atoms with Crippen molar-refractivity contribution in [2.75, 3.05) is 20.8 Å². The van der Waals surface area contributed by atoms with Gasteiger partial charge in [-0.2, -0.15) is 0 Å². The molecule has 0 heterocycles. The van der Waals surface area contributed by atoms with E-state index < -0.39 is 18.2 Å². The molecular weight excluding hydrogens is 258 g/mol. The number of nitrogens with two attached hydrogens (primary N) is 3. The maximum atomic E-state index is 12.2. The zero-order chi connectivity index (χ0) is 15.1. The predicted molar refractivity (Wildman–Crippen MR) is 76.8 cm³/mol. The number of likely N-dealkylation sites (N-methyl/N-ethyl adjacent to an activating group) is 2. The maximum absolute atomic E-state index is 12.2. The van der Waals surface area contributed by atoms with Crippen LogP contribution in [0.1, 0.15) is 5.56 Å². The number of carbonyl (C=O) groups excluding carboxylic acids is 1. The number of esters is 1. The number of hydrogen-bond acceptors (Lipinski definition) is 7. The van der Waals surface area contributed by atoms with Gasteiger partial charge < -0.3 is 16.2 Å².